The molecule has 1 aliphatic rings. The zero-order chi connectivity index (χ0) is 14.3. The van der Waals surface area contributed by atoms with E-state index >= 15 is 0 Å². The van der Waals surface area contributed by atoms with Gasteiger partial charge in [-0.25, -0.2) is 8.42 Å². The van der Waals surface area contributed by atoms with Crippen LogP contribution in [0.2, 0.25) is 0 Å². The van der Waals surface area contributed by atoms with E-state index in [9.17, 15) is 8.42 Å². The Morgan fingerprint density at radius 1 is 1.53 bits per heavy atom. The lowest BCUT2D eigenvalue weighted by Gasteiger charge is -2.34. The highest BCUT2D eigenvalue weighted by molar-refractivity contribution is 8.01. The smallest absolute Gasteiger partial charge is 0.166 e. The monoisotopic (exact) mass is 310 g/mol. The molecule has 2 unspecified atom stereocenters. The van der Waals surface area contributed by atoms with Gasteiger partial charge in [0.15, 0.2) is 9.84 Å². The van der Waals surface area contributed by atoms with Crippen molar-refractivity contribution in [3.8, 4) is 0 Å². The molecule has 0 spiro atoms. The lowest BCUT2D eigenvalue weighted by molar-refractivity contribution is 0.168. The van der Waals surface area contributed by atoms with Crippen LogP contribution in [0.5, 0.6) is 0 Å². The van der Waals surface area contributed by atoms with Crippen molar-refractivity contribution in [2.24, 2.45) is 0 Å². The topological polar surface area (TPSA) is 58.6 Å². The third-order valence-corrected chi connectivity index (χ3v) is 6.65. The first-order valence-corrected chi connectivity index (χ1v) is 9.64. The van der Waals surface area contributed by atoms with Crippen molar-refractivity contribution in [2.45, 2.75) is 25.3 Å². The molecule has 0 aromatic heterocycles. The summed E-state index contributed by atoms with van der Waals surface area (Å²) in [7, 11) is -1.29. The van der Waals surface area contributed by atoms with Gasteiger partial charge in [0.2, 0.25) is 0 Å². The number of sulfone groups is 1. The van der Waals surface area contributed by atoms with Gasteiger partial charge in [-0.15, -0.1) is 0 Å². The Bertz CT molecular complexity index is 349. The summed E-state index contributed by atoms with van der Waals surface area (Å²) in [6.07, 6.45) is 0. The summed E-state index contributed by atoms with van der Waals surface area (Å²) in [6.45, 7) is 6.90. The van der Waals surface area contributed by atoms with E-state index in [1.54, 1.807) is 25.8 Å². The molecule has 0 amide bonds. The van der Waals surface area contributed by atoms with Gasteiger partial charge in [0, 0.05) is 50.0 Å². The van der Waals surface area contributed by atoms with Gasteiger partial charge in [-0.1, -0.05) is 6.92 Å². The van der Waals surface area contributed by atoms with E-state index in [0.717, 1.165) is 25.4 Å². The molecule has 2 atom stereocenters. The Morgan fingerprint density at radius 2 is 2.26 bits per heavy atom. The molecule has 19 heavy (non-hydrogen) atoms. The summed E-state index contributed by atoms with van der Waals surface area (Å²) in [6, 6.07) is 0.297. The van der Waals surface area contributed by atoms with Gasteiger partial charge in [0.1, 0.15) is 5.37 Å². The number of methoxy groups -OCH3 is 1. The molecule has 1 saturated heterocycles. The second-order valence-electron chi connectivity index (χ2n) is 4.83. The van der Waals surface area contributed by atoms with E-state index in [2.05, 4.69) is 17.1 Å². The molecular formula is C12H26N2O3S2. The maximum atomic E-state index is 12.1. The predicted molar refractivity (Wildman–Crippen MR) is 81.5 cm³/mol. The van der Waals surface area contributed by atoms with Crippen LogP contribution in [0.25, 0.3) is 0 Å². The summed E-state index contributed by atoms with van der Waals surface area (Å²) in [4.78, 5) is 2.10. The quantitative estimate of drug-likeness (QED) is 0.701. The van der Waals surface area contributed by atoms with Crippen LogP contribution >= 0.6 is 11.8 Å². The highest BCUT2D eigenvalue weighted by Crippen LogP contribution is 2.20. The fraction of sp³-hybridized carbons (Fsp3) is 1.00. The Morgan fingerprint density at radius 3 is 2.89 bits per heavy atom. The molecule has 7 heteroatoms. The zero-order valence-corrected chi connectivity index (χ0v) is 13.7. The molecule has 0 aliphatic carbocycles. The minimum atomic E-state index is -2.98. The number of nitrogens with one attached hydrogen (secondary N) is 1. The molecule has 0 aromatic rings. The first kappa shape index (κ1) is 17.2. The predicted octanol–water partition coefficient (Wildman–Crippen LogP) is 0.421. The molecule has 1 fully saturated rings. The minimum absolute atomic E-state index is 0.224. The van der Waals surface area contributed by atoms with Gasteiger partial charge in [-0.2, -0.15) is 11.8 Å². The van der Waals surface area contributed by atoms with Gasteiger partial charge in [-0.05, 0) is 6.92 Å². The van der Waals surface area contributed by atoms with Crippen molar-refractivity contribution in [3.63, 3.8) is 0 Å². The summed E-state index contributed by atoms with van der Waals surface area (Å²) < 4.78 is 29.2. The lowest BCUT2D eigenvalue weighted by atomic mass is 10.3. The third kappa shape index (κ3) is 5.59. The zero-order valence-electron chi connectivity index (χ0n) is 12.1. The molecule has 1 N–H and O–H groups in total. The Kier molecular flexibility index (Phi) is 7.68. The third-order valence-electron chi connectivity index (χ3n) is 3.32. The van der Waals surface area contributed by atoms with Gasteiger partial charge >= 0.3 is 0 Å². The number of thioether (sulfide) groups is 1. The number of ether oxygens (including phenoxy) is 1. The van der Waals surface area contributed by atoms with Gasteiger partial charge in [0.25, 0.3) is 0 Å². The lowest BCUT2D eigenvalue weighted by Crippen LogP contribution is -2.50. The SMILES string of the molecule is CCS(=O)(=O)C1CSCCN1CCNC(C)COC. The number of nitrogens with zero attached hydrogens (tertiary/aromatic N) is 1. The highest BCUT2D eigenvalue weighted by Gasteiger charge is 2.32. The van der Waals surface area contributed by atoms with Crippen LogP contribution in [-0.4, -0.2) is 75.3 Å². The van der Waals surface area contributed by atoms with E-state index < -0.39 is 9.84 Å². The van der Waals surface area contributed by atoms with Crippen LogP contribution in [0, 0.1) is 0 Å². The van der Waals surface area contributed by atoms with Gasteiger partial charge in [0.05, 0.1) is 6.61 Å². The van der Waals surface area contributed by atoms with Crippen LogP contribution in [0.15, 0.2) is 0 Å². The van der Waals surface area contributed by atoms with Crippen molar-refractivity contribution >= 4 is 21.6 Å². The maximum absolute atomic E-state index is 12.1. The Labute approximate surface area is 121 Å². The molecule has 0 bridgehead atoms. The Hall–Kier alpha value is 0.180. The van der Waals surface area contributed by atoms with Crippen LogP contribution in [-0.2, 0) is 14.6 Å². The van der Waals surface area contributed by atoms with Gasteiger partial charge in [-0.3, -0.25) is 4.90 Å². The van der Waals surface area contributed by atoms with Crippen molar-refractivity contribution in [1.29, 1.82) is 0 Å². The van der Waals surface area contributed by atoms with E-state index in [4.69, 9.17) is 4.74 Å². The van der Waals surface area contributed by atoms with E-state index in [-0.39, 0.29) is 11.1 Å². The summed E-state index contributed by atoms with van der Waals surface area (Å²) in [5.41, 5.74) is 0. The highest BCUT2D eigenvalue weighted by atomic mass is 32.2. The van der Waals surface area contributed by atoms with Crippen molar-refractivity contribution in [3.05, 3.63) is 0 Å². The fourth-order valence-corrected chi connectivity index (χ4v) is 5.27. The summed E-state index contributed by atoms with van der Waals surface area (Å²) in [5, 5.41) is 3.04. The average Bonchev–Trinajstić information content (AvgIpc) is 2.39. The molecule has 114 valence electrons. The molecule has 1 rings (SSSR count). The molecule has 5 nitrogen and oxygen atoms in total. The van der Waals surface area contributed by atoms with Crippen LogP contribution in [0.1, 0.15) is 13.8 Å². The van der Waals surface area contributed by atoms with E-state index in [0.29, 0.717) is 18.4 Å². The van der Waals surface area contributed by atoms with Crippen LogP contribution < -0.4 is 5.32 Å². The van der Waals surface area contributed by atoms with Crippen LogP contribution in [0.3, 0.4) is 0 Å². The number of rotatable bonds is 8. The molecular weight excluding hydrogens is 284 g/mol. The summed E-state index contributed by atoms with van der Waals surface area (Å²) in [5.74, 6) is 1.94. The van der Waals surface area contributed by atoms with E-state index in [1.165, 1.54) is 0 Å². The standard InChI is InChI=1S/C12H26N2O3S2/c1-4-19(15,16)12-10-18-8-7-14(12)6-5-13-11(2)9-17-3/h11-13H,4-10H2,1-3H3. The number of hydrogen-bond donors (Lipinski definition) is 1. The van der Waals surface area contributed by atoms with Crippen molar-refractivity contribution in [1.82, 2.24) is 10.2 Å². The second-order valence-corrected chi connectivity index (χ2v) is 8.42. The minimum Gasteiger partial charge on any atom is -0.383 e. The molecule has 0 saturated carbocycles. The Balaban J connectivity index is 2.45. The molecule has 1 aliphatic heterocycles. The molecule has 1 heterocycles. The molecule has 0 aromatic carbocycles. The normalized spacial score (nSPS) is 23.4. The van der Waals surface area contributed by atoms with Crippen molar-refractivity contribution < 1.29 is 13.2 Å². The maximum Gasteiger partial charge on any atom is 0.166 e. The number of hydrogen-bond acceptors (Lipinski definition) is 6. The molecule has 0 radical (unpaired) electrons. The van der Waals surface area contributed by atoms with Crippen molar-refractivity contribution in [2.75, 3.05) is 50.6 Å². The first-order valence-electron chi connectivity index (χ1n) is 6.77. The summed E-state index contributed by atoms with van der Waals surface area (Å²) >= 11 is 1.74. The van der Waals surface area contributed by atoms with Crippen LogP contribution in [0.4, 0.5) is 0 Å². The fourth-order valence-electron chi connectivity index (χ4n) is 2.16. The first-order chi connectivity index (χ1) is 9.01. The van der Waals surface area contributed by atoms with E-state index in [1.807, 2.05) is 0 Å². The average molecular weight is 310 g/mol. The second kappa shape index (κ2) is 8.46. The van der Waals surface area contributed by atoms with Gasteiger partial charge < -0.3 is 10.1 Å². The largest absolute Gasteiger partial charge is 0.383 e.